The number of hydrogen-bond acceptors (Lipinski definition) is 3. The van der Waals surface area contributed by atoms with Crippen molar-refractivity contribution in [3.8, 4) is 5.75 Å². The van der Waals surface area contributed by atoms with E-state index < -0.39 is 11.9 Å². The lowest BCUT2D eigenvalue weighted by atomic mass is 9.93. The van der Waals surface area contributed by atoms with Crippen molar-refractivity contribution in [1.82, 2.24) is 4.90 Å². The van der Waals surface area contributed by atoms with Gasteiger partial charge in [0.05, 0.1) is 13.0 Å². The standard InChI is InChI=1S/C15H19NO4/c1-10-6-7-12(15(18)19)9-16(10)14(17)11-4-3-5-13(8-11)20-2/h3-5,8,10,12H,6-7,9H2,1-2H3,(H,18,19). The number of nitrogens with zero attached hydrogens (tertiary/aromatic N) is 1. The van der Waals surface area contributed by atoms with Crippen LogP contribution in [0.25, 0.3) is 0 Å². The van der Waals surface area contributed by atoms with Gasteiger partial charge in [0.1, 0.15) is 5.75 Å². The van der Waals surface area contributed by atoms with Gasteiger partial charge in [-0.05, 0) is 38.0 Å². The Balaban J connectivity index is 2.19. The van der Waals surface area contributed by atoms with Crippen LogP contribution in [0.3, 0.4) is 0 Å². The summed E-state index contributed by atoms with van der Waals surface area (Å²) in [6, 6.07) is 7.00. The fraction of sp³-hybridized carbons (Fsp3) is 0.467. The number of carbonyl (C=O) groups excluding carboxylic acids is 1. The molecule has 1 aromatic carbocycles. The number of aliphatic carboxylic acids is 1. The van der Waals surface area contributed by atoms with Gasteiger partial charge in [-0.25, -0.2) is 0 Å². The minimum atomic E-state index is -0.833. The smallest absolute Gasteiger partial charge is 0.308 e. The van der Waals surface area contributed by atoms with Crippen LogP contribution in [0.4, 0.5) is 0 Å². The van der Waals surface area contributed by atoms with Gasteiger partial charge in [0.2, 0.25) is 0 Å². The maximum Gasteiger partial charge on any atom is 0.308 e. The highest BCUT2D eigenvalue weighted by molar-refractivity contribution is 5.95. The Bertz CT molecular complexity index is 514. The number of piperidine rings is 1. The molecule has 1 heterocycles. The fourth-order valence-corrected chi connectivity index (χ4v) is 2.51. The number of amides is 1. The van der Waals surface area contributed by atoms with Gasteiger partial charge in [0, 0.05) is 18.2 Å². The van der Waals surface area contributed by atoms with Crippen LogP contribution in [0.1, 0.15) is 30.1 Å². The van der Waals surface area contributed by atoms with E-state index in [0.717, 1.165) is 0 Å². The number of likely N-dealkylation sites (tertiary alicyclic amines) is 1. The summed E-state index contributed by atoms with van der Waals surface area (Å²) in [5.41, 5.74) is 0.530. The van der Waals surface area contributed by atoms with Crippen molar-refractivity contribution in [3.05, 3.63) is 29.8 Å². The van der Waals surface area contributed by atoms with Crippen LogP contribution in [0, 0.1) is 5.92 Å². The average Bonchev–Trinajstić information content (AvgIpc) is 2.46. The van der Waals surface area contributed by atoms with Gasteiger partial charge in [0.25, 0.3) is 5.91 Å². The lowest BCUT2D eigenvalue weighted by Crippen LogP contribution is -2.47. The summed E-state index contributed by atoms with van der Waals surface area (Å²) in [7, 11) is 1.55. The van der Waals surface area contributed by atoms with Gasteiger partial charge >= 0.3 is 5.97 Å². The van der Waals surface area contributed by atoms with Crippen molar-refractivity contribution in [3.63, 3.8) is 0 Å². The van der Waals surface area contributed by atoms with Crippen molar-refractivity contribution in [2.45, 2.75) is 25.8 Å². The fourth-order valence-electron chi connectivity index (χ4n) is 2.51. The Labute approximate surface area is 118 Å². The molecular formula is C15H19NO4. The first-order valence-corrected chi connectivity index (χ1v) is 6.70. The normalized spacial score (nSPS) is 22.4. The van der Waals surface area contributed by atoms with Crippen LogP contribution in [0.2, 0.25) is 0 Å². The van der Waals surface area contributed by atoms with Crippen molar-refractivity contribution in [1.29, 1.82) is 0 Å². The topological polar surface area (TPSA) is 66.8 Å². The number of ether oxygens (including phenoxy) is 1. The second kappa shape index (κ2) is 5.94. The lowest BCUT2D eigenvalue weighted by Gasteiger charge is -2.36. The van der Waals surface area contributed by atoms with Gasteiger partial charge in [-0.3, -0.25) is 9.59 Å². The molecule has 108 valence electrons. The second-order valence-corrected chi connectivity index (χ2v) is 5.15. The predicted octanol–water partition coefficient (Wildman–Crippen LogP) is 2.02. The van der Waals surface area contributed by atoms with Gasteiger partial charge in [-0.15, -0.1) is 0 Å². The first-order valence-electron chi connectivity index (χ1n) is 6.70. The first kappa shape index (κ1) is 14.4. The van der Waals surface area contributed by atoms with Gasteiger partial charge in [-0.1, -0.05) is 6.07 Å². The average molecular weight is 277 g/mol. The Hall–Kier alpha value is -2.04. The monoisotopic (exact) mass is 277 g/mol. The van der Waals surface area contributed by atoms with E-state index in [-0.39, 0.29) is 18.5 Å². The molecule has 0 saturated carbocycles. The van der Waals surface area contributed by atoms with Gasteiger partial charge < -0.3 is 14.7 Å². The molecule has 1 amide bonds. The lowest BCUT2D eigenvalue weighted by molar-refractivity contribution is -0.143. The third-order valence-electron chi connectivity index (χ3n) is 3.81. The molecule has 1 aliphatic heterocycles. The number of rotatable bonds is 3. The molecule has 2 rings (SSSR count). The van der Waals surface area contributed by atoms with Gasteiger partial charge in [-0.2, -0.15) is 0 Å². The van der Waals surface area contributed by atoms with Crippen LogP contribution in [0.15, 0.2) is 24.3 Å². The largest absolute Gasteiger partial charge is 0.497 e. The summed E-state index contributed by atoms with van der Waals surface area (Å²) < 4.78 is 5.11. The van der Waals surface area contributed by atoms with Crippen molar-refractivity contribution in [2.24, 2.45) is 5.92 Å². The molecule has 0 aliphatic carbocycles. The maximum absolute atomic E-state index is 12.5. The molecule has 0 aromatic heterocycles. The van der Waals surface area contributed by atoms with Crippen LogP contribution in [0.5, 0.6) is 5.75 Å². The molecule has 1 N–H and O–H groups in total. The minimum absolute atomic E-state index is 0.0595. The number of carboxylic acids is 1. The molecule has 0 bridgehead atoms. The van der Waals surface area contributed by atoms with E-state index in [4.69, 9.17) is 9.84 Å². The Morgan fingerprint density at radius 2 is 2.10 bits per heavy atom. The highest BCUT2D eigenvalue weighted by Crippen LogP contribution is 2.24. The molecule has 1 fully saturated rings. The Morgan fingerprint density at radius 3 is 2.75 bits per heavy atom. The number of methoxy groups -OCH3 is 1. The molecule has 2 unspecified atom stereocenters. The number of hydrogen-bond donors (Lipinski definition) is 1. The summed E-state index contributed by atoms with van der Waals surface area (Å²) >= 11 is 0. The molecule has 1 aliphatic rings. The van der Waals surface area contributed by atoms with E-state index in [1.807, 2.05) is 6.92 Å². The predicted molar refractivity (Wildman–Crippen MR) is 73.9 cm³/mol. The molecule has 20 heavy (non-hydrogen) atoms. The summed E-state index contributed by atoms with van der Waals surface area (Å²) in [5, 5.41) is 9.12. The van der Waals surface area contributed by atoms with Gasteiger partial charge in [0.15, 0.2) is 0 Å². The number of carboxylic acid groups (broad SMARTS) is 1. The molecule has 5 nitrogen and oxygen atoms in total. The van der Waals surface area contributed by atoms with Crippen LogP contribution >= 0.6 is 0 Å². The maximum atomic E-state index is 12.5. The molecule has 0 spiro atoms. The van der Waals surface area contributed by atoms with E-state index in [1.165, 1.54) is 0 Å². The van der Waals surface area contributed by atoms with Crippen molar-refractivity contribution < 1.29 is 19.4 Å². The zero-order valence-electron chi connectivity index (χ0n) is 11.7. The zero-order valence-corrected chi connectivity index (χ0v) is 11.7. The SMILES string of the molecule is COc1cccc(C(=O)N2CC(C(=O)O)CCC2C)c1. The summed E-state index contributed by atoms with van der Waals surface area (Å²) in [6.07, 6.45) is 1.34. The van der Waals surface area contributed by atoms with E-state index in [9.17, 15) is 9.59 Å². The quantitative estimate of drug-likeness (QED) is 0.918. The minimum Gasteiger partial charge on any atom is -0.497 e. The summed E-state index contributed by atoms with van der Waals surface area (Å²) in [4.78, 5) is 25.3. The molecule has 1 saturated heterocycles. The molecule has 2 atom stereocenters. The molecule has 1 aromatic rings. The third kappa shape index (κ3) is 2.92. The van der Waals surface area contributed by atoms with Crippen molar-refractivity contribution in [2.75, 3.05) is 13.7 Å². The molecule has 0 radical (unpaired) electrons. The Kier molecular flexibility index (Phi) is 4.27. The van der Waals surface area contributed by atoms with Crippen LogP contribution in [-0.4, -0.2) is 41.6 Å². The van der Waals surface area contributed by atoms with E-state index in [1.54, 1.807) is 36.3 Å². The summed E-state index contributed by atoms with van der Waals surface area (Å²) in [5.74, 6) is -0.821. The highest BCUT2D eigenvalue weighted by atomic mass is 16.5. The number of benzene rings is 1. The molecule has 5 heteroatoms. The first-order chi connectivity index (χ1) is 9.52. The zero-order chi connectivity index (χ0) is 14.7. The van der Waals surface area contributed by atoms with E-state index >= 15 is 0 Å². The van der Waals surface area contributed by atoms with Crippen LogP contribution in [-0.2, 0) is 4.79 Å². The second-order valence-electron chi connectivity index (χ2n) is 5.15. The van der Waals surface area contributed by atoms with Crippen LogP contribution < -0.4 is 4.74 Å². The Morgan fingerprint density at radius 1 is 1.35 bits per heavy atom. The van der Waals surface area contributed by atoms with E-state index in [0.29, 0.717) is 24.2 Å². The van der Waals surface area contributed by atoms with E-state index in [2.05, 4.69) is 0 Å². The van der Waals surface area contributed by atoms with Crippen molar-refractivity contribution >= 4 is 11.9 Å². The third-order valence-corrected chi connectivity index (χ3v) is 3.81. The summed E-state index contributed by atoms with van der Waals surface area (Å²) in [6.45, 7) is 2.22. The highest BCUT2D eigenvalue weighted by Gasteiger charge is 2.32. The molecular weight excluding hydrogens is 258 g/mol. The number of carbonyl (C=O) groups is 2.